The van der Waals surface area contributed by atoms with E-state index in [1.807, 2.05) is 12.1 Å². The molecule has 0 saturated carbocycles. The van der Waals surface area contributed by atoms with Gasteiger partial charge in [-0.3, -0.25) is 9.80 Å². The van der Waals surface area contributed by atoms with Crippen LogP contribution in [0.1, 0.15) is 5.56 Å². The van der Waals surface area contributed by atoms with E-state index in [4.69, 9.17) is 9.47 Å². The summed E-state index contributed by atoms with van der Waals surface area (Å²) in [4.78, 5) is 5.08. The van der Waals surface area contributed by atoms with Gasteiger partial charge in [-0.05, 0) is 18.2 Å². The molecular weight excluding hydrogens is 266 g/mol. The topological polar surface area (TPSA) is 37.0 Å². The zero-order valence-corrected chi connectivity index (χ0v) is 13.0. The van der Waals surface area contributed by atoms with Gasteiger partial charge in [-0.1, -0.05) is 0 Å². The number of nitrogens with one attached hydrogen (secondary N) is 1. The summed E-state index contributed by atoms with van der Waals surface area (Å²) in [6, 6.07) is 6.74. The molecule has 116 valence electrons. The molecule has 0 aliphatic carbocycles. The molecule has 2 heterocycles. The van der Waals surface area contributed by atoms with E-state index in [1.54, 1.807) is 14.2 Å². The molecule has 2 fully saturated rings. The van der Waals surface area contributed by atoms with Crippen molar-refractivity contribution >= 4 is 0 Å². The normalized spacial score (nSPS) is 21.0. The molecule has 5 heteroatoms. The zero-order chi connectivity index (χ0) is 14.7. The predicted octanol–water partition coefficient (Wildman–Crippen LogP) is 0.793. The summed E-state index contributed by atoms with van der Waals surface area (Å²) in [5.74, 6) is 1.84. The van der Waals surface area contributed by atoms with Crippen LogP contribution in [-0.2, 0) is 6.54 Å². The number of hydrogen-bond donors (Lipinski definition) is 1. The Kier molecular flexibility index (Phi) is 4.63. The highest BCUT2D eigenvalue weighted by Crippen LogP contribution is 2.27. The number of ether oxygens (including phenoxy) is 2. The largest absolute Gasteiger partial charge is 0.497 e. The van der Waals surface area contributed by atoms with E-state index < -0.39 is 0 Å². The molecule has 1 aromatic rings. The third kappa shape index (κ3) is 3.31. The van der Waals surface area contributed by atoms with Crippen molar-refractivity contribution in [2.75, 3.05) is 53.5 Å². The van der Waals surface area contributed by atoms with Gasteiger partial charge in [0.15, 0.2) is 0 Å². The van der Waals surface area contributed by atoms with Gasteiger partial charge < -0.3 is 14.8 Å². The second-order valence-corrected chi connectivity index (χ2v) is 5.81. The number of hydrogen-bond acceptors (Lipinski definition) is 5. The maximum absolute atomic E-state index is 5.46. The Morgan fingerprint density at radius 2 is 1.90 bits per heavy atom. The van der Waals surface area contributed by atoms with Crippen LogP contribution >= 0.6 is 0 Å². The fourth-order valence-electron chi connectivity index (χ4n) is 3.20. The van der Waals surface area contributed by atoms with Gasteiger partial charge >= 0.3 is 0 Å². The molecule has 2 saturated heterocycles. The summed E-state index contributed by atoms with van der Waals surface area (Å²) in [7, 11) is 3.43. The van der Waals surface area contributed by atoms with Gasteiger partial charge in [-0.15, -0.1) is 0 Å². The maximum Gasteiger partial charge on any atom is 0.123 e. The Morgan fingerprint density at radius 3 is 2.57 bits per heavy atom. The fourth-order valence-corrected chi connectivity index (χ4v) is 3.20. The minimum atomic E-state index is 0.726. The highest BCUT2D eigenvalue weighted by molar-refractivity contribution is 5.40. The minimum Gasteiger partial charge on any atom is -0.497 e. The second kappa shape index (κ2) is 6.64. The average molecular weight is 291 g/mol. The van der Waals surface area contributed by atoms with Crippen molar-refractivity contribution in [2.24, 2.45) is 0 Å². The molecule has 2 aliphatic heterocycles. The van der Waals surface area contributed by atoms with E-state index in [0.29, 0.717) is 0 Å². The third-order valence-corrected chi connectivity index (χ3v) is 4.49. The van der Waals surface area contributed by atoms with Crippen LogP contribution in [-0.4, -0.2) is 69.3 Å². The third-order valence-electron chi connectivity index (χ3n) is 4.49. The first-order chi connectivity index (χ1) is 10.3. The number of rotatable bonds is 5. The van der Waals surface area contributed by atoms with Crippen LogP contribution < -0.4 is 14.8 Å². The summed E-state index contributed by atoms with van der Waals surface area (Å²) >= 11 is 0. The summed E-state index contributed by atoms with van der Waals surface area (Å²) in [6.45, 7) is 7.85. The van der Waals surface area contributed by atoms with E-state index in [1.165, 1.54) is 18.7 Å². The lowest BCUT2D eigenvalue weighted by Gasteiger charge is -2.47. The molecule has 0 unspecified atom stereocenters. The standard InChI is InChI=1S/C16H25N3O2/c1-20-15-3-4-16(21-2)13(9-15)10-18-11-14(12-18)19-7-5-17-6-8-19/h3-4,9,14,17H,5-8,10-12H2,1-2H3. The van der Waals surface area contributed by atoms with Crippen molar-refractivity contribution in [1.29, 1.82) is 0 Å². The zero-order valence-electron chi connectivity index (χ0n) is 13.0. The van der Waals surface area contributed by atoms with Gasteiger partial charge in [-0.25, -0.2) is 0 Å². The van der Waals surface area contributed by atoms with Crippen molar-refractivity contribution in [1.82, 2.24) is 15.1 Å². The average Bonchev–Trinajstić information content (AvgIpc) is 2.51. The first-order valence-electron chi connectivity index (χ1n) is 7.68. The number of likely N-dealkylation sites (tertiary alicyclic amines) is 1. The number of nitrogens with zero attached hydrogens (tertiary/aromatic N) is 2. The van der Waals surface area contributed by atoms with Gasteiger partial charge in [0.1, 0.15) is 11.5 Å². The first kappa shape index (κ1) is 14.6. The summed E-state index contributed by atoms with van der Waals surface area (Å²) in [5.41, 5.74) is 1.20. The van der Waals surface area contributed by atoms with Crippen LogP contribution in [0.25, 0.3) is 0 Å². The molecule has 2 aliphatic rings. The molecular formula is C16H25N3O2. The lowest BCUT2D eigenvalue weighted by atomic mass is 10.0. The molecule has 0 spiro atoms. The molecule has 0 amide bonds. The Hall–Kier alpha value is -1.30. The van der Waals surface area contributed by atoms with E-state index in [2.05, 4.69) is 21.2 Å². The van der Waals surface area contributed by atoms with Crippen molar-refractivity contribution in [3.63, 3.8) is 0 Å². The number of piperazine rings is 1. The van der Waals surface area contributed by atoms with Crippen LogP contribution in [0.15, 0.2) is 18.2 Å². The van der Waals surface area contributed by atoms with E-state index in [-0.39, 0.29) is 0 Å². The summed E-state index contributed by atoms with van der Waals surface area (Å²) in [6.07, 6.45) is 0. The van der Waals surface area contributed by atoms with Crippen LogP contribution in [0.5, 0.6) is 11.5 Å². The van der Waals surface area contributed by atoms with Crippen molar-refractivity contribution in [3.8, 4) is 11.5 Å². The highest BCUT2D eigenvalue weighted by Gasteiger charge is 2.32. The lowest BCUT2D eigenvalue weighted by molar-refractivity contribution is 0.0219. The Morgan fingerprint density at radius 1 is 1.14 bits per heavy atom. The maximum atomic E-state index is 5.46. The predicted molar refractivity (Wildman–Crippen MR) is 83.1 cm³/mol. The van der Waals surface area contributed by atoms with Crippen LogP contribution in [0.3, 0.4) is 0 Å². The molecule has 1 N–H and O–H groups in total. The second-order valence-electron chi connectivity index (χ2n) is 5.81. The number of benzene rings is 1. The summed E-state index contributed by atoms with van der Waals surface area (Å²) < 4.78 is 10.8. The highest BCUT2D eigenvalue weighted by atomic mass is 16.5. The molecule has 5 nitrogen and oxygen atoms in total. The van der Waals surface area contributed by atoms with Gasteiger partial charge in [0.25, 0.3) is 0 Å². The van der Waals surface area contributed by atoms with Gasteiger partial charge in [0.05, 0.1) is 14.2 Å². The molecule has 0 atom stereocenters. The lowest BCUT2D eigenvalue weighted by Crippen LogP contribution is -2.62. The molecule has 0 aromatic heterocycles. The van der Waals surface area contributed by atoms with Crippen LogP contribution in [0, 0.1) is 0 Å². The van der Waals surface area contributed by atoms with Crippen molar-refractivity contribution in [2.45, 2.75) is 12.6 Å². The number of methoxy groups -OCH3 is 2. The van der Waals surface area contributed by atoms with E-state index in [0.717, 1.165) is 50.3 Å². The van der Waals surface area contributed by atoms with Crippen LogP contribution in [0.4, 0.5) is 0 Å². The molecule has 0 radical (unpaired) electrons. The Labute approximate surface area is 126 Å². The van der Waals surface area contributed by atoms with Crippen molar-refractivity contribution in [3.05, 3.63) is 23.8 Å². The first-order valence-corrected chi connectivity index (χ1v) is 7.68. The quantitative estimate of drug-likeness (QED) is 0.868. The Balaban J connectivity index is 1.56. The molecule has 3 rings (SSSR count). The van der Waals surface area contributed by atoms with Crippen molar-refractivity contribution < 1.29 is 9.47 Å². The van der Waals surface area contributed by atoms with Gasteiger partial charge in [0, 0.05) is 57.4 Å². The van der Waals surface area contributed by atoms with Crippen LogP contribution in [0.2, 0.25) is 0 Å². The molecule has 0 bridgehead atoms. The monoisotopic (exact) mass is 291 g/mol. The SMILES string of the molecule is COc1ccc(OC)c(CN2CC(N3CCNCC3)C2)c1. The van der Waals surface area contributed by atoms with Gasteiger partial charge in [-0.2, -0.15) is 0 Å². The minimum absolute atomic E-state index is 0.726. The van der Waals surface area contributed by atoms with E-state index in [9.17, 15) is 0 Å². The molecule has 1 aromatic carbocycles. The van der Waals surface area contributed by atoms with Gasteiger partial charge in [0.2, 0.25) is 0 Å². The summed E-state index contributed by atoms with van der Waals surface area (Å²) in [5, 5.41) is 3.41. The van der Waals surface area contributed by atoms with E-state index >= 15 is 0 Å². The smallest absolute Gasteiger partial charge is 0.123 e. The fraction of sp³-hybridized carbons (Fsp3) is 0.625. The Bertz CT molecular complexity index is 469. The molecule has 21 heavy (non-hydrogen) atoms.